The summed E-state index contributed by atoms with van der Waals surface area (Å²) in [5.41, 5.74) is 1.06. The van der Waals surface area contributed by atoms with E-state index < -0.39 is 0 Å². The van der Waals surface area contributed by atoms with Crippen LogP contribution in [0.1, 0.15) is 42.6 Å². The SMILES string of the molecule is CCCC(C)N(C)C(=O)c1ccc(F)c(C)c1. The molecule has 1 amide bonds. The van der Waals surface area contributed by atoms with Crippen LogP contribution >= 0.6 is 0 Å². The number of nitrogens with zero attached hydrogens (tertiary/aromatic N) is 1. The number of aryl methyl sites for hydroxylation is 1. The van der Waals surface area contributed by atoms with Crippen molar-refractivity contribution in [2.75, 3.05) is 7.05 Å². The fourth-order valence-electron chi connectivity index (χ4n) is 1.79. The molecule has 1 rings (SSSR count). The second kappa shape index (κ2) is 5.80. The third kappa shape index (κ3) is 3.29. The predicted octanol–water partition coefficient (Wildman–Crippen LogP) is 3.39. The largest absolute Gasteiger partial charge is 0.339 e. The second-order valence-electron chi connectivity index (χ2n) is 4.52. The fourth-order valence-corrected chi connectivity index (χ4v) is 1.79. The third-order valence-corrected chi connectivity index (χ3v) is 3.09. The monoisotopic (exact) mass is 237 g/mol. The molecule has 0 N–H and O–H groups in total. The van der Waals surface area contributed by atoms with E-state index in [0.717, 1.165) is 12.8 Å². The highest BCUT2D eigenvalue weighted by Crippen LogP contribution is 2.13. The maximum absolute atomic E-state index is 13.1. The molecule has 1 unspecified atom stereocenters. The number of benzene rings is 1. The van der Waals surface area contributed by atoms with Crippen molar-refractivity contribution in [2.24, 2.45) is 0 Å². The van der Waals surface area contributed by atoms with Crippen LogP contribution in [0.25, 0.3) is 0 Å². The zero-order valence-corrected chi connectivity index (χ0v) is 11.0. The molecule has 0 fully saturated rings. The van der Waals surface area contributed by atoms with E-state index in [1.807, 2.05) is 6.92 Å². The van der Waals surface area contributed by atoms with E-state index in [0.29, 0.717) is 11.1 Å². The van der Waals surface area contributed by atoms with Gasteiger partial charge in [-0.25, -0.2) is 4.39 Å². The summed E-state index contributed by atoms with van der Waals surface area (Å²) in [6.07, 6.45) is 2.02. The average Bonchev–Trinajstić information content (AvgIpc) is 2.31. The Morgan fingerprint density at radius 2 is 2.12 bits per heavy atom. The lowest BCUT2D eigenvalue weighted by Crippen LogP contribution is -2.35. The van der Waals surface area contributed by atoms with E-state index in [1.165, 1.54) is 6.07 Å². The minimum absolute atomic E-state index is 0.0472. The lowest BCUT2D eigenvalue weighted by molar-refractivity contribution is 0.0736. The molecular weight excluding hydrogens is 217 g/mol. The molecule has 0 aliphatic carbocycles. The van der Waals surface area contributed by atoms with Gasteiger partial charge in [0.1, 0.15) is 5.82 Å². The molecule has 17 heavy (non-hydrogen) atoms. The lowest BCUT2D eigenvalue weighted by Gasteiger charge is -2.24. The van der Waals surface area contributed by atoms with E-state index in [2.05, 4.69) is 6.92 Å². The van der Waals surface area contributed by atoms with Gasteiger partial charge in [0.25, 0.3) is 5.91 Å². The highest BCUT2D eigenvalue weighted by Gasteiger charge is 2.17. The van der Waals surface area contributed by atoms with E-state index in [4.69, 9.17) is 0 Å². The number of carbonyl (C=O) groups is 1. The molecule has 0 aliphatic heterocycles. The van der Waals surface area contributed by atoms with Crippen LogP contribution in [0.2, 0.25) is 0 Å². The summed E-state index contributed by atoms with van der Waals surface area (Å²) < 4.78 is 13.1. The summed E-state index contributed by atoms with van der Waals surface area (Å²) in [6.45, 7) is 5.79. The molecule has 1 atom stereocenters. The maximum atomic E-state index is 13.1. The number of rotatable bonds is 4. The van der Waals surface area contributed by atoms with Crippen molar-refractivity contribution in [3.63, 3.8) is 0 Å². The molecule has 0 saturated heterocycles. The molecule has 0 aliphatic rings. The van der Waals surface area contributed by atoms with Crippen LogP contribution in [-0.4, -0.2) is 23.9 Å². The molecule has 0 spiro atoms. The topological polar surface area (TPSA) is 20.3 Å². The molecular formula is C14H20FNO. The van der Waals surface area contributed by atoms with Gasteiger partial charge in [-0.3, -0.25) is 4.79 Å². The molecule has 1 aromatic rings. The van der Waals surface area contributed by atoms with Crippen molar-refractivity contribution < 1.29 is 9.18 Å². The first-order valence-electron chi connectivity index (χ1n) is 6.00. The zero-order valence-electron chi connectivity index (χ0n) is 11.0. The summed E-state index contributed by atoms with van der Waals surface area (Å²) in [6, 6.07) is 4.70. The number of hydrogen-bond donors (Lipinski definition) is 0. The van der Waals surface area contributed by atoms with Crippen molar-refractivity contribution in [3.8, 4) is 0 Å². The van der Waals surface area contributed by atoms with Gasteiger partial charge in [0.15, 0.2) is 0 Å². The van der Waals surface area contributed by atoms with Crippen LogP contribution in [0.4, 0.5) is 4.39 Å². The number of carbonyl (C=O) groups excluding carboxylic acids is 1. The maximum Gasteiger partial charge on any atom is 0.253 e. The Balaban J connectivity index is 2.85. The Morgan fingerprint density at radius 3 is 2.65 bits per heavy atom. The molecule has 1 aromatic carbocycles. The Morgan fingerprint density at radius 1 is 1.47 bits per heavy atom. The van der Waals surface area contributed by atoms with E-state index in [1.54, 1.807) is 31.0 Å². The molecule has 0 radical (unpaired) electrons. The van der Waals surface area contributed by atoms with Crippen molar-refractivity contribution in [3.05, 3.63) is 35.1 Å². The van der Waals surface area contributed by atoms with Crippen LogP contribution in [0.15, 0.2) is 18.2 Å². The van der Waals surface area contributed by atoms with Gasteiger partial charge in [0, 0.05) is 18.7 Å². The number of halogens is 1. The molecule has 0 aromatic heterocycles. The normalized spacial score (nSPS) is 12.3. The fraction of sp³-hybridized carbons (Fsp3) is 0.500. The summed E-state index contributed by atoms with van der Waals surface area (Å²) in [5, 5.41) is 0. The predicted molar refractivity (Wildman–Crippen MR) is 67.6 cm³/mol. The summed E-state index contributed by atoms with van der Waals surface area (Å²) in [5.74, 6) is -0.320. The van der Waals surface area contributed by atoms with Crippen molar-refractivity contribution in [1.82, 2.24) is 4.90 Å². The molecule has 0 saturated carbocycles. The molecule has 0 bridgehead atoms. The summed E-state index contributed by atoms with van der Waals surface area (Å²) in [4.78, 5) is 13.8. The van der Waals surface area contributed by atoms with Crippen molar-refractivity contribution in [2.45, 2.75) is 39.7 Å². The summed E-state index contributed by atoms with van der Waals surface area (Å²) >= 11 is 0. The lowest BCUT2D eigenvalue weighted by atomic mass is 10.1. The minimum Gasteiger partial charge on any atom is -0.339 e. The van der Waals surface area contributed by atoms with Crippen LogP contribution < -0.4 is 0 Å². The van der Waals surface area contributed by atoms with Crippen LogP contribution in [0, 0.1) is 12.7 Å². The first-order valence-corrected chi connectivity index (χ1v) is 6.00. The van der Waals surface area contributed by atoms with Gasteiger partial charge in [-0.2, -0.15) is 0 Å². The standard InChI is InChI=1S/C14H20FNO/c1-5-6-11(3)16(4)14(17)12-7-8-13(15)10(2)9-12/h7-9,11H,5-6H2,1-4H3. The summed E-state index contributed by atoms with van der Waals surface area (Å²) in [7, 11) is 1.79. The van der Waals surface area contributed by atoms with Gasteiger partial charge in [-0.05, 0) is 44.0 Å². The third-order valence-electron chi connectivity index (χ3n) is 3.09. The Hall–Kier alpha value is -1.38. The molecule has 0 heterocycles. The highest BCUT2D eigenvalue weighted by molar-refractivity contribution is 5.94. The van der Waals surface area contributed by atoms with E-state index in [-0.39, 0.29) is 17.8 Å². The van der Waals surface area contributed by atoms with Gasteiger partial charge in [0.2, 0.25) is 0 Å². The average molecular weight is 237 g/mol. The Bertz CT molecular complexity index is 403. The minimum atomic E-state index is -0.272. The molecule has 3 heteroatoms. The smallest absolute Gasteiger partial charge is 0.253 e. The molecule has 94 valence electrons. The van der Waals surface area contributed by atoms with Crippen LogP contribution in [0.3, 0.4) is 0 Å². The van der Waals surface area contributed by atoms with Crippen LogP contribution in [-0.2, 0) is 0 Å². The van der Waals surface area contributed by atoms with Gasteiger partial charge < -0.3 is 4.90 Å². The van der Waals surface area contributed by atoms with Crippen LogP contribution in [0.5, 0.6) is 0 Å². The van der Waals surface area contributed by atoms with Gasteiger partial charge in [-0.15, -0.1) is 0 Å². The van der Waals surface area contributed by atoms with Crippen molar-refractivity contribution in [1.29, 1.82) is 0 Å². The molecule has 2 nitrogen and oxygen atoms in total. The van der Waals surface area contributed by atoms with Gasteiger partial charge in [-0.1, -0.05) is 13.3 Å². The number of amides is 1. The van der Waals surface area contributed by atoms with E-state index in [9.17, 15) is 9.18 Å². The Kier molecular flexibility index (Phi) is 4.67. The van der Waals surface area contributed by atoms with Gasteiger partial charge in [0.05, 0.1) is 0 Å². The first-order chi connectivity index (χ1) is 7.97. The second-order valence-corrected chi connectivity index (χ2v) is 4.52. The van der Waals surface area contributed by atoms with Crippen molar-refractivity contribution >= 4 is 5.91 Å². The number of hydrogen-bond acceptors (Lipinski definition) is 1. The van der Waals surface area contributed by atoms with E-state index >= 15 is 0 Å². The Labute approximate surface area is 102 Å². The zero-order chi connectivity index (χ0) is 13.0. The van der Waals surface area contributed by atoms with Gasteiger partial charge >= 0.3 is 0 Å². The highest BCUT2D eigenvalue weighted by atomic mass is 19.1. The quantitative estimate of drug-likeness (QED) is 0.786. The first kappa shape index (κ1) is 13.7.